The van der Waals surface area contributed by atoms with E-state index in [1.165, 1.54) is 32.1 Å². The SMILES string of the molecule is CN(c1ccc(-c2ccc3ccc4ccc5nc(-c6ccccc6)oc5c4c3c2)cc1)c1ccc([Si](c2ccccc2)c2ccccc2)cc1. The third-order valence-corrected chi connectivity index (χ3v) is 12.4. The van der Waals surface area contributed by atoms with Gasteiger partial charge in [-0.15, -0.1) is 0 Å². The molecule has 9 rings (SSSR count). The van der Waals surface area contributed by atoms with Crippen molar-refractivity contribution in [2.75, 3.05) is 11.9 Å². The highest BCUT2D eigenvalue weighted by molar-refractivity contribution is 6.95. The van der Waals surface area contributed by atoms with Gasteiger partial charge in [0, 0.05) is 29.4 Å². The van der Waals surface area contributed by atoms with Crippen molar-refractivity contribution in [3.05, 3.63) is 182 Å². The molecule has 4 heteroatoms. The molecule has 0 bridgehead atoms. The van der Waals surface area contributed by atoms with E-state index in [4.69, 9.17) is 9.40 Å². The Labute approximate surface area is 293 Å². The van der Waals surface area contributed by atoms with Crippen molar-refractivity contribution in [3.8, 4) is 22.6 Å². The molecule has 1 radical (unpaired) electrons. The second-order valence-corrected chi connectivity index (χ2v) is 15.1. The predicted molar refractivity (Wildman–Crippen MR) is 212 cm³/mol. The fourth-order valence-corrected chi connectivity index (χ4v) is 9.54. The van der Waals surface area contributed by atoms with Crippen LogP contribution in [0.15, 0.2) is 186 Å². The summed E-state index contributed by atoms with van der Waals surface area (Å²) < 4.78 is 6.46. The molecule has 0 aliphatic heterocycles. The summed E-state index contributed by atoms with van der Waals surface area (Å²) in [5.41, 5.74) is 7.31. The Balaban J connectivity index is 1.02. The van der Waals surface area contributed by atoms with Crippen molar-refractivity contribution in [2.45, 2.75) is 0 Å². The largest absolute Gasteiger partial charge is 0.435 e. The van der Waals surface area contributed by atoms with Crippen LogP contribution in [0.1, 0.15) is 0 Å². The van der Waals surface area contributed by atoms with Crippen LogP contribution in [0.3, 0.4) is 0 Å². The lowest BCUT2D eigenvalue weighted by molar-refractivity contribution is 0.623. The van der Waals surface area contributed by atoms with Gasteiger partial charge in [-0.2, -0.15) is 0 Å². The van der Waals surface area contributed by atoms with E-state index in [1.54, 1.807) is 0 Å². The average molecular weight is 658 g/mol. The molecule has 0 saturated heterocycles. The number of nitrogens with zero attached hydrogens (tertiary/aromatic N) is 2. The lowest BCUT2D eigenvalue weighted by atomic mass is 9.96. The van der Waals surface area contributed by atoms with Gasteiger partial charge >= 0.3 is 0 Å². The van der Waals surface area contributed by atoms with Gasteiger partial charge in [0.25, 0.3) is 0 Å². The first-order valence-corrected chi connectivity index (χ1v) is 18.4. The van der Waals surface area contributed by atoms with Crippen LogP contribution in [0.4, 0.5) is 11.4 Å². The maximum absolute atomic E-state index is 6.46. The van der Waals surface area contributed by atoms with E-state index in [0.717, 1.165) is 44.2 Å². The second kappa shape index (κ2) is 12.7. The number of anilines is 2. The standard InChI is InChI=1S/C46H33N2OSi/c1-48(38-26-28-41(29-27-38)50(39-13-7-3-8-14-39)40-15-9-4-10-16-40)37-24-21-32(22-25-37)36-20-18-33-17-19-34-23-30-43-45(44(34)42(33)31-36)49-46(47-43)35-11-5-2-6-12-35/h2-31H,1H3. The first-order valence-electron chi connectivity index (χ1n) is 16.9. The molecule has 0 atom stereocenters. The first kappa shape index (κ1) is 29.9. The molecule has 50 heavy (non-hydrogen) atoms. The van der Waals surface area contributed by atoms with Crippen molar-refractivity contribution >= 4 is 68.4 Å². The van der Waals surface area contributed by atoms with Crippen molar-refractivity contribution in [3.63, 3.8) is 0 Å². The Hall–Kier alpha value is -6.23. The average Bonchev–Trinajstić information content (AvgIpc) is 3.64. The molecular weight excluding hydrogens is 625 g/mol. The topological polar surface area (TPSA) is 29.3 Å². The molecule has 8 aromatic carbocycles. The van der Waals surface area contributed by atoms with Crippen LogP contribution >= 0.6 is 0 Å². The molecule has 0 amide bonds. The van der Waals surface area contributed by atoms with Gasteiger partial charge in [-0.1, -0.05) is 149 Å². The summed E-state index contributed by atoms with van der Waals surface area (Å²) in [4.78, 5) is 7.10. The maximum atomic E-state index is 6.46. The van der Waals surface area contributed by atoms with Gasteiger partial charge in [0.15, 0.2) is 14.4 Å². The van der Waals surface area contributed by atoms with Crippen molar-refractivity contribution in [1.82, 2.24) is 4.98 Å². The van der Waals surface area contributed by atoms with Gasteiger partial charge in [0.1, 0.15) is 5.52 Å². The van der Waals surface area contributed by atoms with E-state index in [2.05, 4.69) is 164 Å². The first-order chi connectivity index (χ1) is 24.7. The van der Waals surface area contributed by atoms with Crippen LogP contribution in [-0.2, 0) is 0 Å². The third-order valence-electron chi connectivity index (χ3n) is 9.63. The molecule has 0 aliphatic rings. The van der Waals surface area contributed by atoms with Gasteiger partial charge in [-0.05, 0) is 75.8 Å². The smallest absolute Gasteiger partial charge is 0.227 e. The molecule has 237 valence electrons. The maximum Gasteiger partial charge on any atom is 0.227 e. The van der Waals surface area contributed by atoms with E-state index in [-0.39, 0.29) is 0 Å². The molecular formula is C46H33N2OSi. The van der Waals surface area contributed by atoms with Crippen molar-refractivity contribution < 1.29 is 4.42 Å². The zero-order chi connectivity index (χ0) is 33.4. The Morgan fingerprint density at radius 1 is 0.480 bits per heavy atom. The molecule has 9 aromatic rings. The summed E-state index contributed by atoms with van der Waals surface area (Å²) in [6.45, 7) is 0. The van der Waals surface area contributed by atoms with Crippen LogP contribution in [0.2, 0.25) is 0 Å². The molecule has 0 fully saturated rings. The van der Waals surface area contributed by atoms with E-state index in [0.29, 0.717) is 5.89 Å². The summed E-state index contributed by atoms with van der Waals surface area (Å²) >= 11 is 0. The number of aromatic nitrogens is 1. The zero-order valence-electron chi connectivity index (χ0n) is 27.6. The van der Waals surface area contributed by atoms with E-state index < -0.39 is 8.80 Å². The summed E-state index contributed by atoms with van der Waals surface area (Å²) in [6, 6.07) is 65.1. The highest BCUT2D eigenvalue weighted by atomic mass is 28.3. The van der Waals surface area contributed by atoms with Crippen LogP contribution in [-0.4, -0.2) is 20.8 Å². The van der Waals surface area contributed by atoms with Gasteiger partial charge < -0.3 is 9.32 Å². The highest BCUT2D eigenvalue weighted by Crippen LogP contribution is 2.37. The summed E-state index contributed by atoms with van der Waals surface area (Å²) in [5, 5.41) is 8.74. The molecule has 0 saturated carbocycles. The Kier molecular flexibility index (Phi) is 7.56. The van der Waals surface area contributed by atoms with Crippen LogP contribution in [0.5, 0.6) is 0 Å². The normalized spacial score (nSPS) is 11.5. The van der Waals surface area contributed by atoms with Crippen LogP contribution < -0.4 is 20.5 Å². The Morgan fingerprint density at radius 3 is 1.66 bits per heavy atom. The molecule has 0 spiro atoms. The van der Waals surface area contributed by atoms with E-state index in [1.807, 2.05) is 30.3 Å². The molecule has 0 unspecified atom stereocenters. The van der Waals surface area contributed by atoms with Crippen LogP contribution in [0, 0.1) is 0 Å². The van der Waals surface area contributed by atoms with Crippen molar-refractivity contribution in [1.29, 1.82) is 0 Å². The lowest BCUT2D eigenvalue weighted by Gasteiger charge is -2.22. The predicted octanol–water partition coefficient (Wildman–Crippen LogP) is 9.75. The number of benzene rings is 8. The number of fused-ring (bicyclic) bond motifs is 5. The van der Waals surface area contributed by atoms with E-state index in [9.17, 15) is 0 Å². The van der Waals surface area contributed by atoms with E-state index >= 15 is 0 Å². The molecule has 0 N–H and O–H groups in total. The quantitative estimate of drug-likeness (QED) is 0.0971. The summed E-state index contributed by atoms with van der Waals surface area (Å²) in [7, 11) is 1.04. The number of hydrogen-bond donors (Lipinski definition) is 0. The molecule has 3 nitrogen and oxygen atoms in total. The second-order valence-electron chi connectivity index (χ2n) is 12.7. The minimum absolute atomic E-state index is 0.643. The molecule has 1 heterocycles. The third kappa shape index (κ3) is 5.46. The fourth-order valence-electron chi connectivity index (χ4n) is 6.99. The van der Waals surface area contributed by atoms with Crippen molar-refractivity contribution in [2.24, 2.45) is 0 Å². The minimum Gasteiger partial charge on any atom is -0.435 e. The monoisotopic (exact) mass is 657 g/mol. The van der Waals surface area contributed by atoms with Gasteiger partial charge in [0.2, 0.25) is 5.89 Å². The summed E-state index contributed by atoms with van der Waals surface area (Å²) in [6.07, 6.45) is 0. The minimum atomic E-state index is -1.10. The lowest BCUT2D eigenvalue weighted by Crippen LogP contribution is -2.51. The summed E-state index contributed by atoms with van der Waals surface area (Å²) in [5.74, 6) is 0.643. The van der Waals surface area contributed by atoms with Gasteiger partial charge in [-0.3, -0.25) is 0 Å². The molecule has 0 aliphatic carbocycles. The fraction of sp³-hybridized carbons (Fsp3) is 0.0217. The molecule has 1 aromatic heterocycles. The Morgan fingerprint density at radius 2 is 1.00 bits per heavy atom. The Bertz CT molecular complexity index is 2540. The van der Waals surface area contributed by atoms with Gasteiger partial charge in [-0.25, -0.2) is 4.98 Å². The number of rotatable bonds is 7. The highest BCUT2D eigenvalue weighted by Gasteiger charge is 2.20. The number of oxazole rings is 1. The zero-order valence-corrected chi connectivity index (χ0v) is 28.6. The number of hydrogen-bond acceptors (Lipinski definition) is 3. The van der Waals surface area contributed by atoms with Gasteiger partial charge in [0.05, 0.1) is 0 Å². The van der Waals surface area contributed by atoms with Crippen LogP contribution in [0.25, 0.3) is 55.2 Å².